The van der Waals surface area contributed by atoms with Gasteiger partial charge in [0.15, 0.2) is 0 Å². The molecule has 0 bridgehead atoms. The van der Waals surface area contributed by atoms with E-state index in [9.17, 15) is 17.9 Å². The highest BCUT2D eigenvalue weighted by Gasteiger charge is 2.21. The first-order chi connectivity index (χ1) is 12.8. The van der Waals surface area contributed by atoms with E-state index in [0.29, 0.717) is 25.2 Å². The van der Waals surface area contributed by atoms with Crippen LogP contribution in [0, 0.1) is 5.82 Å². The Bertz CT molecular complexity index is 819. The number of hydrogen-bond acceptors (Lipinski definition) is 4. The van der Waals surface area contributed by atoms with E-state index >= 15 is 0 Å². The fourth-order valence-corrected chi connectivity index (χ4v) is 4.31. The number of halogens is 1. The fourth-order valence-electron chi connectivity index (χ4n) is 2.85. The van der Waals surface area contributed by atoms with Crippen LogP contribution in [0.3, 0.4) is 0 Å². The molecule has 2 aromatic carbocycles. The summed E-state index contributed by atoms with van der Waals surface area (Å²) >= 11 is 0. The predicted octanol–water partition coefficient (Wildman–Crippen LogP) is 3.24. The minimum absolute atomic E-state index is 0.0784. The Labute approximate surface area is 160 Å². The first-order valence-corrected chi connectivity index (χ1v) is 10.5. The number of nitrogens with one attached hydrogen (secondary N) is 1. The Kier molecular flexibility index (Phi) is 7.49. The van der Waals surface area contributed by atoms with Crippen molar-refractivity contribution < 1.29 is 17.9 Å². The van der Waals surface area contributed by atoms with Gasteiger partial charge < -0.3 is 10.4 Å². The van der Waals surface area contributed by atoms with Crippen LogP contribution in [-0.4, -0.2) is 37.5 Å². The van der Waals surface area contributed by atoms with Crippen molar-refractivity contribution >= 4 is 10.0 Å². The second-order valence-corrected chi connectivity index (χ2v) is 8.29. The van der Waals surface area contributed by atoms with Crippen molar-refractivity contribution in [2.24, 2.45) is 0 Å². The van der Waals surface area contributed by atoms with Gasteiger partial charge in [-0.3, -0.25) is 0 Å². The summed E-state index contributed by atoms with van der Waals surface area (Å²) in [5.74, 6) is -0.341. The maximum Gasteiger partial charge on any atom is 0.243 e. The molecule has 2 N–H and O–H groups in total. The average molecular weight is 395 g/mol. The molecule has 0 amide bonds. The second-order valence-electron chi connectivity index (χ2n) is 6.36. The molecular weight excluding hydrogens is 367 g/mol. The van der Waals surface area contributed by atoms with Crippen molar-refractivity contribution in [2.45, 2.75) is 37.8 Å². The molecule has 0 unspecified atom stereocenters. The van der Waals surface area contributed by atoms with Gasteiger partial charge in [0.1, 0.15) is 5.82 Å². The summed E-state index contributed by atoms with van der Waals surface area (Å²) < 4.78 is 39.4. The van der Waals surface area contributed by atoms with Crippen LogP contribution in [0.1, 0.15) is 44.0 Å². The number of benzene rings is 2. The van der Waals surface area contributed by atoms with Crippen LogP contribution in [0.4, 0.5) is 4.39 Å². The zero-order valence-electron chi connectivity index (χ0n) is 15.9. The van der Waals surface area contributed by atoms with Crippen LogP contribution < -0.4 is 5.32 Å². The Morgan fingerprint density at radius 3 is 2.04 bits per heavy atom. The minimum atomic E-state index is -3.47. The standard InChI is InChI=1S/C20H27FN2O3S/c1-4-23(5-2)27(25,26)19-12-8-16(9-13-19)15(3)22-14-20(24)17-6-10-18(21)11-7-17/h6-13,15,20,22,24H,4-5,14H2,1-3H3/t15-,20+/m1/s1. The molecule has 0 aliphatic heterocycles. The highest BCUT2D eigenvalue weighted by atomic mass is 32.2. The zero-order valence-corrected chi connectivity index (χ0v) is 16.7. The highest BCUT2D eigenvalue weighted by Crippen LogP contribution is 2.20. The minimum Gasteiger partial charge on any atom is -0.387 e. The van der Waals surface area contributed by atoms with Gasteiger partial charge in [0.25, 0.3) is 0 Å². The topological polar surface area (TPSA) is 69.6 Å². The van der Waals surface area contributed by atoms with Crippen molar-refractivity contribution in [1.82, 2.24) is 9.62 Å². The molecule has 27 heavy (non-hydrogen) atoms. The number of aliphatic hydroxyl groups excluding tert-OH is 1. The lowest BCUT2D eigenvalue weighted by Gasteiger charge is -2.20. The predicted molar refractivity (Wildman–Crippen MR) is 104 cm³/mol. The van der Waals surface area contributed by atoms with E-state index in [2.05, 4.69) is 5.32 Å². The van der Waals surface area contributed by atoms with Crippen molar-refractivity contribution in [2.75, 3.05) is 19.6 Å². The van der Waals surface area contributed by atoms with Crippen molar-refractivity contribution in [3.63, 3.8) is 0 Å². The van der Waals surface area contributed by atoms with Gasteiger partial charge in [-0.15, -0.1) is 0 Å². The first-order valence-electron chi connectivity index (χ1n) is 9.06. The van der Waals surface area contributed by atoms with Crippen LogP contribution in [0.2, 0.25) is 0 Å². The smallest absolute Gasteiger partial charge is 0.243 e. The summed E-state index contributed by atoms with van der Waals surface area (Å²) in [6.07, 6.45) is -0.754. The number of nitrogens with zero attached hydrogens (tertiary/aromatic N) is 1. The van der Waals surface area contributed by atoms with Crippen molar-refractivity contribution in [3.05, 3.63) is 65.5 Å². The molecule has 2 atom stereocenters. The SMILES string of the molecule is CCN(CC)S(=O)(=O)c1ccc([C@@H](C)NC[C@H](O)c2ccc(F)cc2)cc1. The average Bonchev–Trinajstić information content (AvgIpc) is 2.67. The number of rotatable bonds is 9. The van der Waals surface area contributed by atoms with Crippen LogP contribution in [0.25, 0.3) is 0 Å². The lowest BCUT2D eigenvalue weighted by molar-refractivity contribution is 0.170. The molecule has 2 aromatic rings. The molecule has 0 saturated carbocycles. The molecule has 0 spiro atoms. The van der Waals surface area contributed by atoms with Crippen LogP contribution >= 0.6 is 0 Å². The quantitative estimate of drug-likeness (QED) is 0.685. The van der Waals surface area contributed by atoms with Gasteiger partial charge in [-0.25, -0.2) is 12.8 Å². The van der Waals surface area contributed by atoms with Crippen LogP contribution in [0.15, 0.2) is 53.4 Å². The number of hydrogen-bond donors (Lipinski definition) is 2. The summed E-state index contributed by atoms with van der Waals surface area (Å²) in [5, 5.41) is 13.4. The Morgan fingerprint density at radius 1 is 1.00 bits per heavy atom. The molecule has 0 aromatic heterocycles. The Morgan fingerprint density at radius 2 is 1.52 bits per heavy atom. The van der Waals surface area contributed by atoms with E-state index in [4.69, 9.17) is 0 Å². The molecule has 148 valence electrons. The van der Waals surface area contributed by atoms with E-state index in [1.165, 1.54) is 16.4 Å². The lowest BCUT2D eigenvalue weighted by Crippen LogP contribution is -2.30. The normalized spacial score (nSPS) is 14.3. The largest absolute Gasteiger partial charge is 0.387 e. The monoisotopic (exact) mass is 394 g/mol. The lowest BCUT2D eigenvalue weighted by atomic mass is 10.1. The molecule has 2 rings (SSSR count). The molecule has 0 heterocycles. The third-order valence-corrected chi connectivity index (χ3v) is 6.66. The molecule has 0 fully saturated rings. The molecule has 7 heteroatoms. The third kappa shape index (κ3) is 5.35. The van der Waals surface area contributed by atoms with E-state index < -0.39 is 16.1 Å². The van der Waals surface area contributed by atoms with Crippen molar-refractivity contribution in [1.29, 1.82) is 0 Å². The summed E-state index contributed by atoms with van der Waals surface area (Å²) in [7, 11) is -3.47. The van der Waals surface area contributed by atoms with Crippen LogP contribution in [-0.2, 0) is 10.0 Å². The molecule has 0 aliphatic rings. The Balaban J connectivity index is 2.01. The second kappa shape index (κ2) is 9.41. The van der Waals surface area contributed by atoms with Gasteiger partial charge >= 0.3 is 0 Å². The highest BCUT2D eigenvalue weighted by molar-refractivity contribution is 7.89. The van der Waals surface area contributed by atoms with Gasteiger partial charge in [0.05, 0.1) is 11.0 Å². The number of sulfonamides is 1. The van der Waals surface area contributed by atoms with E-state index in [1.54, 1.807) is 36.4 Å². The summed E-state index contributed by atoms with van der Waals surface area (Å²) in [5.41, 5.74) is 1.55. The van der Waals surface area contributed by atoms with Gasteiger partial charge in [0, 0.05) is 25.7 Å². The summed E-state index contributed by atoms with van der Waals surface area (Å²) in [6, 6.07) is 12.4. The van der Waals surface area contributed by atoms with E-state index in [0.717, 1.165) is 5.56 Å². The molecule has 0 radical (unpaired) electrons. The summed E-state index contributed by atoms with van der Waals surface area (Å²) in [4.78, 5) is 0.272. The van der Waals surface area contributed by atoms with E-state index in [1.807, 2.05) is 20.8 Å². The Hall–Kier alpha value is -1.80. The maximum atomic E-state index is 13.0. The zero-order chi connectivity index (χ0) is 20.0. The maximum absolute atomic E-state index is 13.0. The van der Waals surface area contributed by atoms with Gasteiger partial charge in [-0.1, -0.05) is 38.1 Å². The molecular formula is C20H27FN2O3S. The molecule has 0 aliphatic carbocycles. The molecule has 0 saturated heterocycles. The van der Waals surface area contributed by atoms with Crippen molar-refractivity contribution in [3.8, 4) is 0 Å². The summed E-state index contributed by atoms with van der Waals surface area (Å²) in [6.45, 7) is 6.72. The van der Waals surface area contributed by atoms with Gasteiger partial charge in [-0.05, 0) is 42.3 Å². The van der Waals surface area contributed by atoms with Gasteiger partial charge in [-0.2, -0.15) is 4.31 Å². The number of aliphatic hydroxyl groups is 1. The van der Waals surface area contributed by atoms with Gasteiger partial charge in [0.2, 0.25) is 10.0 Å². The third-order valence-electron chi connectivity index (χ3n) is 4.60. The molecule has 5 nitrogen and oxygen atoms in total. The fraction of sp³-hybridized carbons (Fsp3) is 0.400. The van der Waals surface area contributed by atoms with Crippen LogP contribution in [0.5, 0.6) is 0 Å². The first kappa shape index (κ1) is 21.5. The van der Waals surface area contributed by atoms with E-state index in [-0.39, 0.29) is 16.8 Å².